The van der Waals surface area contributed by atoms with E-state index in [0.717, 1.165) is 22.9 Å². The van der Waals surface area contributed by atoms with Crippen molar-refractivity contribution < 1.29 is 0 Å². The standard InChI is InChI=1S/C17H16BrN/c18-17-11-9-15(10-12-17)4-2-1-3-14-5-7-16(13-19)8-6-14/h5-12H,1-4H2. The van der Waals surface area contributed by atoms with Gasteiger partial charge in [0.25, 0.3) is 0 Å². The lowest BCUT2D eigenvalue weighted by Crippen LogP contribution is -1.89. The quantitative estimate of drug-likeness (QED) is 0.721. The van der Waals surface area contributed by atoms with Crippen molar-refractivity contribution in [3.05, 3.63) is 69.7 Å². The van der Waals surface area contributed by atoms with Crippen molar-refractivity contribution in [3.8, 4) is 6.07 Å². The van der Waals surface area contributed by atoms with Crippen LogP contribution in [0.3, 0.4) is 0 Å². The van der Waals surface area contributed by atoms with E-state index < -0.39 is 0 Å². The number of aryl methyl sites for hydroxylation is 2. The van der Waals surface area contributed by atoms with Crippen LogP contribution in [0.5, 0.6) is 0 Å². The van der Waals surface area contributed by atoms with Crippen molar-refractivity contribution in [1.29, 1.82) is 5.26 Å². The molecule has 0 radical (unpaired) electrons. The van der Waals surface area contributed by atoms with Crippen LogP contribution in [0.4, 0.5) is 0 Å². The van der Waals surface area contributed by atoms with E-state index in [0.29, 0.717) is 0 Å². The fraction of sp³-hybridized carbons (Fsp3) is 0.235. The molecule has 0 aromatic heterocycles. The molecule has 2 rings (SSSR count). The molecule has 2 aromatic carbocycles. The lowest BCUT2D eigenvalue weighted by atomic mass is 10.0. The zero-order chi connectivity index (χ0) is 13.5. The minimum atomic E-state index is 0.735. The van der Waals surface area contributed by atoms with Gasteiger partial charge in [-0.3, -0.25) is 0 Å². The van der Waals surface area contributed by atoms with Crippen LogP contribution in [-0.2, 0) is 12.8 Å². The number of benzene rings is 2. The summed E-state index contributed by atoms with van der Waals surface area (Å²) in [7, 11) is 0. The average molecular weight is 314 g/mol. The predicted molar refractivity (Wildman–Crippen MR) is 81.9 cm³/mol. The summed E-state index contributed by atoms with van der Waals surface area (Å²) < 4.78 is 1.13. The van der Waals surface area contributed by atoms with Crippen LogP contribution in [0.15, 0.2) is 53.0 Å². The molecule has 0 unspecified atom stereocenters. The molecule has 0 saturated heterocycles. The predicted octanol–water partition coefficient (Wildman–Crippen LogP) is 4.89. The van der Waals surface area contributed by atoms with Crippen molar-refractivity contribution in [2.75, 3.05) is 0 Å². The molecule has 0 aliphatic carbocycles. The van der Waals surface area contributed by atoms with E-state index in [1.165, 1.54) is 24.0 Å². The molecule has 0 bridgehead atoms. The van der Waals surface area contributed by atoms with Gasteiger partial charge in [0.1, 0.15) is 0 Å². The van der Waals surface area contributed by atoms with Crippen LogP contribution >= 0.6 is 15.9 Å². The van der Waals surface area contributed by atoms with E-state index >= 15 is 0 Å². The van der Waals surface area contributed by atoms with Gasteiger partial charge >= 0.3 is 0 Å². The Morgan fingerprint density at radius 2 is 1.26 bits per heavy atom. The number of nitriles is 1. The van der Waals surface area contributed by atoms with Crippen LogP contribution in [0.1, 0.15) is 29.5 Å². The van der Waals surface area contributed by atoms with Gasteiger partial charge in [0.15, 0.2) is 0 Å². The van der Waals surface area contributed by atoms with E-state index in [4.69, 9.17) is 5.26 Å². The number of halogens is 1. The third kappa shape index (κ3) is 4.54. The molecule has 96 valence electrons. The largest absolute Gasteiger partial charge is 0.192 e. The summed E-state index contributed by atoms with van der Waals surface area (Å²) in [5, 5.41) is 8.73. The Bertz CT molecular complexity index is 549. The molecule has 19 heavy (non-hydrogen) atoms. The molecule has 0 spiro atoms. The van der Waals surface area contributed by atoms with Crippen LogP contribution in [0.2, 0.25) is 0 Å². The molecule has 0 fully saturated rings. The Balaban J connectivity index is 1.74. The highest BCUT2D eigenvalue weighted by Crippen LogP contribution is 2.13. The second kappa shape index (κ2) is 7.11. The minimum Gasteiger partial charge on any atom is -0.192 e. The molecular weight excluding hydrogens is 298 g/mol. The highest BCUT2D eigenvalue weighted by molar-refractivity contribution is 9.10. The SMILES string of the molecule is N#Cc1ccc(CCCCc2ccc(Br)cc2)cc1. The molecule has 0 aliphatic rings. The number of hydrogen-bond donors (Lipinski definition) is 0. The van der Waals surface area contributed by atoms with Crippen molar-refractivity contribution in [2.24, 2.45) is 0 Å². The van der Waals surface area contributed by atoms with Gasteiger partial charge in [-0.15, -0.1) is 0 Å². The maximum Gasteiger partial charge on any atom is 0.0991 e. The molecule has 0 heterocycles. The van der Waals surface area contributed by atoms with Crippen LogP contribution in [0.25, 0.3) is 0 Å². The van der Waals surface area contributed by atoms with Gasteiger partial charge in [-0.05, 0) is 61.1 Å². The summed E-state index contributed by atoms with van der Waals surface area (Å²) in [6.45, 7) is 0. The Labute approximate surface area is 123 Å². The molecule has 0 aliphatic heterocycles. The zero-order valence-corrected chi connectivity index (χ0v) is 12.4. The number of rotatable bonds is 5. The zero-order valence-electron chi connectivity index (χ0n) is 10.8. The van der Waals surface area contributed by atoms with Gasteiger partial charge in [-0.25, -0.2) is 0 Å². The van der Waals surface area contributed by atoms with Crippen molar-refractivity contribution in [3.63, 3.8) is 0 Å². The van der Waals surface area contributed by atoms with Crippen LogP contribution in [-0.4, -0.2) is 0 Å². The summed E-state index contributed by atoms with van der Waals surface area (Å²) in [4.78, 5) is 0. The molecule has 2 aromatic rings. The molecule has 0 amide bonds. The molecule has 1 nitrogen and oxygen atoms in total. The highest BCUT2D eigenvalue weighted by Gasteiger charge is 1.97. The number of hydrogen-bond acceptors (Lipinski definition) is 1. The van der Waals surface area contributed by atoms with E-state index in [9.17, 15) is 0 Å². The first-order valence-electron chi connectivity index (χ1n) is 6.51. The molecule has 2 heteroatoms. The lowest BCUT2D eigenvalue weighted by molar-refractivity contribution is 0.734. The summed E-state index contributed by atoms with van der Waals surface area (Å²) in [6, 6.07) is 18.6. The molecule has 0 saturated carbocycles. The van der Waals surface area contributed by atoms with Crippen molar-refractivity contribution in [1.82, 2.24) is 0 Å². The highest BCUT2D eigenvalue weighted by atomic mass is 79.9. The summed E-state index contributed by atoms with van der Waals surface area (Å²) in [5.41, 5.74) is 3.44. The van der Waals surface area contributed by atoms with E-state index in [2.05, 4.69) is 58.4 Å². The number of unbranched alkanes of at least 4 members (excludes halogenated alkanes) is 1. The van der Waals surface area contributed by atoms with Crippen LogP contribution < -0.4 is 0 Å². The van der Waals surface area contributed by atoms with Crippen molar-refractivity contribution >= 4 is 15.9 Å². The molecule has 0 N–H and O–H groups in total. The van der Waals surface area contributed by atoms with Gasteiger partial charge in [0.05, 0.1) is 11.6 Å². The average Bonchev–Trinajstić information content (AvgIpc) is 2.46. The Hall–Kier alpha value is -1.59. The first kappa shape index (κ1) is 13.8. The third-order valence-electron chi connectivity index (χ3n) is 3.18. The van der Waals surface area contributed by atoms with Gasteiger partial charge in [-0.2, -0.15) is 5.26 Å². The van der Waals surface area contributed by atoms with Gasteiger partial charge in [0.2, 0.25) is 0 Å². The third-order valence-corrected chi connectivity index (χ3v) is 3.71. The molecule has 0 atom stereocenters. The number of nitrogens with zero attached hydrogens (tertiary/aromatic N) is 1. The van der Waals surface area contributed by atoms with Crippen molar-refractivity contribution in [2.45, 2.75) is 25.7 Å². The topological polar surface area (TPSA) is 23.8 Å². The molecular formula is C17H16BrN. The monoisotopic (exact) mass is 313 g/mol. The second-order valence-electron chi connectivity index (χ2n) is 4.64. The van der Waals surface area contributed by atoms with E-state index in [1.807, 2.05) is 12.1 Å². The Morgan fingerprint density at radius 3 is 1.74 bits per heavy atom. The van der Waals surface area contributed by atoms with Gasteiger partial charge in [0, 0.05) is 4.47 Å². The first-order valence-corrected chi connectivity index (χ1v) is 7.31. The van der Waals surface area contributed by atoms with Crippen LogP contribution in [0, 0.1) is 11.3 Å². The minimum absolute atomic E-state index is 0.735. The Morgan fingerprint density at radius 1 is 0.789 bits per heavy atom. The smallest absolute Gasteiger partial charge is 0.0991 e. The maximum absolute atomic E-state index is 8.73. The second-order valence-corrected chi connectivity index (χ2v) is 5.56. The fourth-order valence-electron chi connectivity index (χ4n) is 2.06. The maximum atomic E-state index is 8.73. The Kier molecular flexibility index (Phi) is 5.18. The van der Waals surface area contributed by atoms with Gasteiger partial charge < -0.3 is 0 Å². The van der Waals surface area contributed by atoms with E-state index in [1.54, 1.807) is 0 Å². The normalized spacial score (nSPS) is 10.1. The summed E-state index contributed by atoms with van der Waals surface area (Å²) in [6.07, 6.45) is 4.59. The first-order chi connectivity index (χ1) is 9.28. The lowest BCUT2D eigenvalue weighted by Gasteiger charge is -2.03. The van der Waals surface area contributed by atoms with Gasteiger partial charge in [-0.1, -0.05) is 40.2 Å². The fourth-order valence-corrected chi connectivity index (χ4v) is 2.32. The summed E-state index contributed by atoms with van der Waals surface area (Å²) >= 11 is 3.45. The summed E-state index contributed by atoms with van der Waals surface area (Å²) in [5.74, 6) is 0. The van der Waals surface area contributed by atoms with E-state index in [-0.39, 0.29) is 0 Å².